The molecule has 2 aromatic heterocycles. The van der Waals surface area contributed by atoms with Crippen LogP contribution in [-0.2, 0) is 16.2 Å². The minimum atomic E-state index is -1.36. The molecular weight excluding hydrogens is 393 g/mol. The van der Waals surface area contributed by atoms with E-state index < -0.39 is 31.2 Å². The molecule has 9 nitrogen and oxygen atoms in total. The number of imidazole rings is 1. The number of nitrogens with zero attached hydrogens (tertiary/aromatic N) is 4. The first-order chi connectivity index (χ1) is 13.6. The highest BCUT2D eigenvalue weighted by atomic mass is 35.5. The number of hydrogen-bond acceptors (Lipinski definition) is 8. The van der Waals surface area contributed by atoms with Crippen LogP contribution >= 0.6 is 11.6 Å². The summed E-state index contributed by atoms with van der Waals surface area (Å²) >= 11 is 6.00. The average Bonchev–Trinajstić information content (AvgIpc) is 3.24. The maximum absolute atomic E-state index is 13.0. The first kappa shape index (κ1) is 19.0. The molecule has 28 heavy (non-hydrogen) atoms. The van der Waals surface area contributed by atoms with Crippen molar-refractivity contribution in [2.75, 3.05) is 12.2 Å². The molecule has 11 heteroatoms. The van der Waals surface area contributed by atoms with E-state index in [-0.39, 0.29) is 23.4 Å². The molecule has 3 heterocycles. The first-order valence-corrected chi connectivity index (χ1v) is 8.85. The van der Waals surface area contributed by atoms with E-state index in [0.29, 0.717) is 5.52 Å². The Balaban J connectivity index is 1.58. The molecule has 1 fully saturated rings. The third-order valence-corrected chi connectivity index (χ3v) is 4.58. The zero-order chi connectivity index (χ0) is 19.7. The van der Waals surface area contributed by atoms with Gasteiger partial charge in [0, 0.05) is 0 Å². The summed E-state index contributed by atoms with van der Waals surface area (Å²) in [4.78, 5) is 17.8. The zero-order valence-electron chi connectivity index (χ0n) is 14.4. The molecule has 0 unspecified atom stereocenters. The van der Waals surface area contributed by atoms with E-state index in [9.17, 15) is 14.6 Å². The third kappa shape index (κ3) is 3.52. The maximum atomic E-state index is 13.0. The van der Waals surface area contributed by atoms with Gasteiger partial charge in [-0.3, -0.25) is 9.40 Å². The summed E-state index contributed by atoms with van der Waals surface area (Å²) in [6, 6.07) is 9.51. The van der Waals surface area contributed by atoms with Crippen molar-refractivity contribution in [1.29, 1.82) is 0 Å². The minimum absolute atomic E-state index is 0.0878. The van der Waals surface area contributed by atoms with E-state index in [4.69, 9.17) is 21.2 Å². The van der Waals surface area contributed by atoms with Crippen LogP contribution in [-0.4, -0.2) is 54.7 Å². The molecule has 1 aromatic carbocycles. The monoisotopic (exact) mass is 409 g/mol. The van der Waals surface area contributed by atoms with Crippen molar-refractivity contribution in [3.05, 3.63) is 47.5 Å². The first-order valence-electron chi connectivity index (χ1n) is 8.48. The Bertz CT molecular complexity index is 959. The van der Waals surface area contributed by atoms with E-state index in [1.165, 1.54) is 10.9 Å². The lowest BCUT2D eigenvalue weighted by atomic mass is 10.1. The summed E-state index contributed by atoms with van der Waals surface area (Å²) in [5.41, 5.74) is 4.20. The van der Waals surface area contributed by atoms with Crippen LogP contribution in [0.1, 0.15) is 11.8 Å². The van der Waals surface area contributed by atoms with Crippen LogP contribution < -0.4 is 5.48 Å². The normalized spacial score (nSPS) is 24.7. The van der Waals surface area contributed by atoms with E-state index >= 15 is 0 Å². The van der Waals surface area contributed by atoms with Gasteiger partial charge in [-0.25, -0.2) is 14.9 Å². The van der Waals surface area contributed by atoms with Gasteiger partial charge in [0.25, 0.3) is 0 Å². The number of alkyl halides is 1. The van der Waals surface area contributed by atoms with Crippen LogP contribution in [0.2, 0.25) is 5.28 Å². The second-order valence-corrected chi connectivity index (χ2v) is 6.58. The number of ether oxygens (including phenoxy) is 1. The SMILES string of the molecule is O[C@@H]1[C@H](O)[C@@H](CF)O[C@H]1n1cnc2c(NOCc3ccccc3)nc(Cl)nc21. The van der Waals surface area contributed by atoms with Crippen LogP contribution in [0.4, 0.5) is 10.2 Å². The molecule has 0 bridgehead atoms. The van der Waals surface area contributed by atoms with E-state index in [1.54, 1.807) is 0 Å². The molecule has 3 aromatic rings. The third-order valence-electron chi connectivity index (χ3n) is 4.41. The zero-order valence-corrected chi connectivity index (χ0v) is 15.2. The van der Waals surface area contributed by atoms with Gasteiger partial charge in [0.05, 0.1) is 12.9 Å². The minimum Gasteiger partial charge on any atom is -0.387 e. The number of benzene rings is 1. The molecule has 0 spiro atoms. The summed E-state index contributed by atoms with van der Waals surface area (Å²) in [5, 5.41) is 20.0. The number of nitrogens with one attached hydrogen (secondary N) is 1. The molecule has 1 aliphatic heterocycles. The molecule has 0 aliphatic carbocycles. The number of aliphatic hydroxyl groups excluding tert-OH is 2. The molecule has 148 valence electrons. The Morgan fingerprint density at radius 2 is 2.00 bits per heavy atom. The Kier molecular flexibility index (Phi) is 5.38. The van der Waals surface area contributed by atoms with Crippen molar-refractivity contribution in [2.24, 2.45) is 0 Å². The van der Waals surface area contributed by atoms with E-state index in [2.05, 4.69) is 20.4 Å². The summed E-state index contributed by atoms with van der Waals surface area (Å²) in [7, 11) is 0. The van der Waals surface area contributed by atoms with Gasteiger partial charge in [0.1, 0.15) is 25.0 Å². The van der Waals surface area contributed by atoms with Crippen LogP contribution in [0.5, 0.6) is 0 Å². The van der Waals surface area contributed by atoms with Crippen molar-refractivity contribution in [2.45, 2.75) is 31.1 Å². The van der Waals surface area contributed by atoms with E-state index in [1.807, 2.05) is 30.3 Å². The highest BCUT2D eigenvalue weighted by molar-refractivity contribution is 6.28. The standard InChI is InChI=1S/C17H17ClFN5O4/c18-17-21-14(23-27-7-9-4-2-1-3-5-9)11-15(22-17)24(8-20-11)16-13(26)12(25)10(6-19)28-16/h1-5,8,10,12-13,16,25-26H,6-7H2,(H,21,22,23)/t10-,12-,13-,16-/m1/s1. The second-order valence-electron chi connectivity index (χ2n) is 6.24. The Labute approximate surface area is 163 Å². The molecule has 0 amide bonds. The second kappa shape index (κ2) is 7.94. The lowest BCUT2D eigenvalue weighted by Crippen LogP contribution is -2.32. The molecule has 1 saturated heterocycles. The largest absolute Gasteiger partial charge is 0.387 e. The predicted molar refractivity (Wildman–Crippen MR) is 97.1 cm³/mol. The van der Waals surface area contributed by atoms with Gasteiger partial charge < -0.3 is 14.9 Å². The van der Waals surface area contributed by atoms with Crippen molar-refractivity contribution < 1.29 is 24.2 Å². The smallest absolute Gasteiger partial charge is 0.226 e. The van der Waals surface area contributed by atoms with Crippen molar-refractivity contribution in [3.63, 3.8) is 0 Å². The predicted octanol–water partition coefficient (Wildman–Crippen LogP) is 1.61. The van der Waals surface area contributed by atoms with Gasteiger partial charge in [-0.2, -0.15) is 9.97 Å². The van der Waals surface area contributed by atoms with Crippen molar-refractivity contribution >= 4 is 28.6 Å². The fraction of sp³-hybridized carbons (Fsp3) is 0.353. The van der Waals surface area contributed by atoms with Gasteiger partial charge in [-0.1, -0.05) is 30.3 Å². The molecule has 0 saturated carbocycles. The number of aliphatic hydroxyl groups is 2. The van der Waals surface area contributed by atoms with Gasteiger partial charge in [0.2, 0.25) is 5.28 Å². The summed E-state index contributed by atoms with van der Waals surface area (Å²) < 4.78 is 19.7. The summed E-state index contributed by atoms with van der Waals surface area (Å²) in [5.74, 6) is 0.222. The topological polar surface area (TPSA) is 115 Å². The van der Waals surface area contributed by atoms with Crippen LogP contribution in [0.3, 0.4) is 0 Å². The van der Waals surface area contributed by atoms with Gasteiger partial charge >= 0.3 is 0 Å². The maximum Gasteiger partial charge on any atom is 0.226 e. The highest BCUT2D eigenvalue weighted by Crippen LogP contribution is 2.33. The van der Waals surface area contributed by atoms with Crippen LogP contribution in [0, 0.1) is 0 Å². The van der Waals surface area contributed by atoms with Crippen LogP contribution in [0.25, 0.3) is 11.2 Å². The number of anilines is 1. The number of hydrogen-bond donors (Lipinski definition) is 3. The molecule has 0 radical (unpaired) electrons. The number of fused-ring (bicyclic) bond motifs is 1. The van der Waals surface area contributed by atoms with Gasteiger partial charge in [-0.05, 0) is 17.2 Å². The van der Waals surface area contributed by atoms with E-state index in [0.717, 1.165) is 5.56 Å². The Morgan fingerprint density at radius 3 is 2.71 bits per heavy atom. The average molecular weight is 410 g/mol. The number of halogens is 2. The van der Waals surface area contributed by atoms with Crippen molar-refractivity contribution in [1.82, 2.24) is 19.5 Å². The van der Waals surface area contributed by atoms with Gasteiger partial charge in [-0.15, -0.1) is 0 Å². The quantitative estimate of drug-likeness (QED) is 0.415. The fourth-order valence-electron chi connectivity index (χ4n) is 3.00. The van der Waals surface area contributed by atoms with Crippen LogP contribution in [0.15, 0.2) is 36.7 Å². The Morgan fingerprint density at radius 1 is 1.21 bits per heavy atom. The summed E-state index contributed by atoms with van der Waals surface area (Å²) in [6.07, 6.45) is -3.57. The molecular formula is C17H17ClFN5O4. The van der Waals surface area contributed by atoms with Gasteiger partial charge in [0.15, 0.2) is 23.2 Å². The molecule has 4 atom stereocenters. The lowest BCUT2D eigenvalue weighted by Gasteiger charge is -2.16. The highest BCUT2D eigenvalue weighted by Gasteiger charge is 2.44. The number of aromatic nitrogens is 4. The number of rotatable bonds is 6. The van der Waals surface area contributed by atoms with Crippen molar-refractivity contribution in [3.8, 4) is 0 Å². The summed E-state index contributed by atoms with van der Waals surface area (Å²) in [6.45, 7) is -0.656. The lowest BCUT2D eigenvalue weighted by molar-refractivity contribution is -0.0409. The fourth-order valence-corrected chi connectivity index (χ4v) is 3.16. The molecule has 3 N–H and O–H groups in total. The molecule has 1 aliphatic rings. The molecule has 4 rings (SSSR count). The Hall–Kier alpha value is -2.37.